The number of hydrogen-bond acceptors (Lipinski definition) is 5. The summed E-state index contributed by atoms with van der Waals surface area (Å²) in [6, 6.07) is 10.6. The van der Waals surface area contributed by atoms with Crippen LogP contribution in [0.4, 0.5) is 10.1 Å². The number of rotatable bonds is 3. The number of nitriles is 1. The molecule has 1 saturated heterocycles. The normalized spacial score (nSPS) is 14.9. The zero-order valence-electron chi connectivity index (χ0n) is 15.0. The maximum absolute atomic E-state index is 13.8. The highest BCUT2D eigenvalue weighted by molar-refractivity contribution is 5.94. The number of anilines is 1. The van der Waals surface area contributed by atoms with E-state index in [0.29, 0.717) is 16.5 Å². The Morgan fingerprint density at radius 1 is 1.15 bits per heavy atom. The molecule has 0 atom stereocenters. The average Bonchev–Trinajstić information content (AvgIpc) is 2.69. The fourth-order valence-electron chi connectivity index (χ4n) is 3.49. The zero-order chi connectivity index (χ0) is 18.8. The topological polar surface area (TPSA) is 62.0 Å². The first-order valence-electron chi connectivity index (χ1n) is 8.96. The fourth-order valence-corrected chi connectivity index (χ4v) is 3.49. The molecule has 0 amide bonds. The van der Waals surface area contributed by atoms with E-state index in [0.717, 1.165) is 43.1 Å². The molecule has 27 heavy (non-hydrogen) atoms. The second-order valence-electron chi connectivity index (χ2n) is 6.73. The minimum absolute atomic E-state index is 0.0983. The second-order valence-corrected chi connectivity index (χ2v) is 6.73. The molecule has 1 aliphatic heterocycles. The molecule has 0 aliphatic carbocycles. The number of hydrogen-bond donors (Lipinski definition) is 0. The fraction of sp³-hybridized carbons (Fsp3) is 0.286. The van der Waals surface area contributed by atoms with Gasteiger partial charge >= 0.3 is 0 Å². The van der Waals surface area contributed by atoms with Gasteiger partial charge in [-0.2, -0.15) is 5.26 Å². The van der Waals surface area contributed by atoms with Crippen molar-refractivity contribution in [3.05, 3.63) is 59.8 Å². The number of halogens is 1. The minimum atomic E-state index is -0.328. The van der Waals surface area contributed by atoms with Crippen LogP contribution in [0.1, 0.15) is 24.1 Å². The van der Waals surface area contributed by atoms with Crippen LogP contribution in [0, 0.1) is 24.1 Å². The first kappa shape index (κ1) is 17.2. The van der Waals surface area contributed by atoms with Gasteiger partial charge in [0.25, 0.3) is 0 Å². The van der Waals surface area contributed by atoms with Gasteiger partial charge < -0.3 is 9.64 Å². The van der Waals surface area contributed by atoms with Crippen LogP contribution < -0.4 is 9.64 Å². The van der Waals surface area contributed by atoms with Gasteiger partial charge in [0, 0.05) is 43.2 Å². The van der Waals surface area contributed by atoms with E-state index < -0.39 is 0 Å². The van der Waals surface area contributed by atoms with Crippen molar-refractivity contribution in [2.75, 3.05) is 18.0 Å². The largest absolute Gasteiger partial charge is 0.489 e. The number of piperidine rings is 1. The van der Waals surface area contributed by atoms with Gasteiger partial charge in [0.1, 0.15) is 23.7 Å². The van der Waals surface area contributed by atoms with Crippen molar-refractivity contribution in [3.63, 3.8) is 0 Å². The van der Waals surface area contributed by atoms with Crippen molar-refractivity contribution in [1.82, 2.24) is 9.97 Å². The van der Waals surface area contributed by atoms with Crippen LogP contribution in [0.15, 0.2) is 42.7 Å². The van der Waals surface area contributed by atoms with Crippen molar-refractivity contribution in [1.29, 1.82) is 5.26 Å². The summed E-state index contributed by atoms with van der Waals surface area (Å²) in [5, 5.41) is 10.2. The number of benzene rings is 1. The summed E-state index contributed by atoms with van der Waals surface area (Å²) in [4.78, 5) is 10.7. The van der Waals surface area contributed by atoms with Crippen LogP contribution in [-0.2, 0) is 0 Å². The molecule has 4 rings (SSSR count). The van der Waals surface area contributed by atoms with Gasteiger partial charge in [0.05, 0.1) is 23.0 Å². The third-order valence-electron chi connectivity index (χ3n) is 4.87. The van der Waals surface area contributed by atoms with Crippen LogP contribution >= 0.6 is 0 Å². The van der Waals surface area contributed by atoms with E-state index in [4.69, 9.17) is 4.74 Å². The molecule has 1 aliphatic rings. The first-order valence-corrected chi connectivity index (χ1v) is 8.96. The van der Waals surface area contributed by atoms with Gasteiger partial charge in [0.2, 0.25) is 0 Å². The molecular formula is C21H19FN4O. The Morgan fingerprint density at radius 2 is 1.96 bits per heavy atom. The lowest BCUT2D eigenvalue weighted by Crippen LogP contribution is -2.38. The van der Waals surface area contributed by atoms with Gasteiger partial charge in [-0.1, -0.05) is 0 Å². The SMILES string of the molecule is Cc1ccc(OC2CCN(c3c(C#N)cnc4ccc(F)cc34)CC2)cn1. The molecule has 5 nitrogen and oxygen atoms in total. The first-order chi connectivity index (χ1) is 13.1. The van der Waals surface area contributed by atoms with Crippen molar-refractivity contribution in [2.45, 2.75) is 25.9 Å². The lowest BCUT2D eigenvalue weighted by atomic mass is 10.0. The molecule has 0 bridgehead atoms. The Kier molecular flexibility index (Phi) is 4.59. The Hall–Kier alpha value is -3.20. The quantitative estimate of drug-likeness (QED) is 0.705. The Bertz CT molecular complexity index is 1010. The van der Waals surface area contributed by atoms with E-state index in [-0.39, 0.29) is 11.9 Å². The van der Waals surface area contributed by atoms with E-state index >= 15 is 0 Å². The van der Waals surface area contributed by atoms with E-state index in [1.807, 2.05) is 19.1 Å². The van der Waals surface area contributed by atoms with Crippen LogP contribution in [0.5, 0.6) is 5.75 Å². The number of pyridine rings is 2. The van der Waals surface area contributed by atoms with Crippen molar-refractivity contribution in [2.24, 2.45) is 0 Å². The predicted molar refractivity (Wildman–Crippen MR) is 101 cm³/mol. The number of ether oxygens (including phenoxy) is 1. The third-order valence-corrected chi connectivity index (χ3v) is 4.87. The summed E-state index contributed by atoms with van der Waals surface area (Å²) in [5.74, 6) is 0.443. The molecule has 2 aromatic heterocycles. The molecule has 0 spiro atoms. The molecule has 3 heterocycles. The van der Waals surface area contributed by atoms with Gasteiger partial charge in [0.15, 0.2) is 0 Å². The van der Waals surface area contributed by atoms with Crippen LogP contribution in [0.2, 0.25) is 0 Å². The summed E-state index contributed by atoms with van der Waals surface area (Å²) in [6.07, 6.45) is 5.04. The molecule has 0 N–H and O–H groups in total. The summed E-state index contributed by atoms with van der Waals surface area (Å²) in [7, 11) is 0. The van der Waals surface area contributed by atoms with Crippen molar-refractivity contribution < 1.29 is 9.13 Å². The standard InChI is InChI=1S/C21H19FN4O/c1-14-2-4-18(13-24-14)27-17-6-8-26(9-7-17)21-15(11-23)12-25-20-5-3-16(22)10-19(20)21/h2-5,10,12-13,17H,6-9H2,1H3. The lowest BCUT2D eigenvalue weighted by molar-refractivity contribution is 0.170. The number of fused-ring (bicyclic) bond motifs is 1. The molecule has 0 unspecified atom stereocenters. The molecule has 0 saturated carbocycles. The maximum atomic E-state index is 13.8. The number of aryl methyl sites for hydroxylation is 1. The van der Waals surface area contributed by atoms with Gasteiger partial charge in [-0.3, -0.25) is 9.97 Å². The zero-order valence-corrected chi connectivity index (χ0v) is 15.0. The lowest BCUT2D eigenvalue weighted by Gasteiger charge is -2.34. The molecule has 1 fully saturated rings. The molecule has 136 valence electrons. The predicted octanol–water partition coefficient (Wildman–Crippen LogP) is 4.00. The van der Waals surface area contributed by atoms with Crippen LogP contribution in [0.3, 0.4) is 0 Å². The smallest absolute Gasteiger partial charge is 0.138 e. The Labute approximate surface area is 157 Å². The average molecular weight is 362 g/mol. The highest BCUT2D eigenvalue weighted by atomic mass is 19.1. The van der Waals surface area contributed by atoms with Gasteiger partial charge in [-0.25, -0.2) is 4.39 Å². The molecular weight excluding hydrogens is 343 g/mol. The molecule has 0 radical (unpaired) electrons. The second kappa shape index (κ2) is 7.20. The van der Waals surface area contributed by atoms with Gasteiger partial charge in [-0.05, 0) is 37.3 Å². The highest BCUT2D eigenvalue weighted by Gasteiger charge is 2.24. The highest BCUT2D eigenvalue weighted by Crippen LogP contribution is 2.32. The van der Waals surface area contributed by atoms with Crippen LogP contribution in [0.25, 0.3) is 10.9 Å². The van der Waals surface area contributed by atoms with E-state index in [1.54, 1.807) is 18.5 Å². The molecule has 1 aromatic carbocycles. The Morgan fingerprint density at radius 3 is 2.67 bits per heavy atom. The Balaban J connectivity index is 1.55. The minimum Gasteiger partial charge on any atom is -0.489 e. The summed E-state index contributed by atoms with van der Waals surface area (Å²) in [5.41, 5.74) is 2.88. The van der Waals surface area contributed by atoms with E-state index in [9.17, 15) is 9.65 Å². The van der Waals surface area contributed by atoms with E-state index in [1.165, 1.54) is 12.1 Å². The van der Waals surface area contributed by atoms with Crippen LogP contribution in [-0.4, -0.2) is 29.2 Å². The number of nitrogens with zero attached hydrogens (tertiary/aromatic N) is 4. The van der Waals surface area contributed by atoms with Crippen molar-refractivity contribution >= 4 is 16.6 Å². The summed E-state index contributed by atoms with van der Waals surface area (Å²) >= 11 is 0. The summed E-state index contributed by atoms with van der Waals surface area (Å²) in [6.45, 7) is 3.40. The third kappa shape index (κ3) is 3.54. The molecule has 3 aromatic rings. The monoisotopic (exact) mass is 362 g/mol. The summed E-state index contributed by atoms with van der Waals surface area (Å²) < 4.78 is 19.8. The van der Waals surface area contributed by atoms with Gasteiger partial charge in [-0.15, -0.1) is 0 Å². The van der Waals surface area contributed by atoms with E-state index in [2.05, 4.69) is 20.9 Å². The maximum Gasteiger partial charge on any atom is 0.138 e. The number of aromatic nitrogens is 2. The molecule has 6 heteroatoms. The van der Waals surface area contributed by atoms with Crippen molar-refractivity contribution in [3.8, 4) is 11.8 Å².